The number of urea groups is 1. The van der Waals surface area contributed by atoms with Crippen LogP contribution in [0.1, 0.15) is 124 Å². The van der Waals surface area contributed by atoms with E-state index in [2.05, 4.69) is 29.8 Å². The second-order valence-corrected chi connectivity index (χ2v) is 8.90. The summed E-state index contributed by atoms with van der Waals surface area (Å²) in [5, 5.41) is 2.04. The van der Waals surface area contributed by atoms with E-state index in [4.69, 9.17) is 5.73 Å². The summed E-state index contributed by atoms with van der Waals surface area (Å²) < 4.78 is -0.665. The van der Waals surface area contributed by atoms with E-state index in [9.17, 15) is 9.59 Å². The van der Waals surface area contributed by atoms with E-state index in [0.717, 1.165) is 0 Å². The zero-order valence-corrected chi connectivity index (χ0v) is 20.0. The van der Waals surface area contributed by atoms with Crippen molar-refractivity contribution in [3.05, 3.63) is 0 Å². The molecule has 29 heavy (non-hydrogen) atoms. The van der Waals surface area contributed by atoms with Crippen LogP contribution in [0.3, 0.4) is 0 Å². The summed E-state index contributed by atoms with van der Waals surface area (Å²) in [6.07, 6.45) is 20.2. The Morgan fingerprint density at radius 1 is 0.690 bits per heavy atom. The van der Waals surface area contributed by atoms with Crippen molar-refractivity contribution in [2.75, 3.05) is 0 Å². The molecule has 166 valence electrons. The molecule has 0 atom stereocenters. The summed E-state index contributed by atoms with van der Waals surface area (Å²) in [6, 6.07) is -0.814. The molecule has 0 spiro atoms. The van der Waals surface area contributed by atoms with Crippen molar-refractivity contribution in [1.29, 1.82) is 0 Å². The first-order valence-electron chi connectivity index (χ1n) is 11.2. The molecule has 0 aromatic carbocycles. The summed E-state index contributed by atoms with van der Waals surface area (Å²) >= 11 is 3.26. The molecule has 0 aromatic heterocycles. The number of hydrogen-bond donors (Lipinski definition) is 2. The molecule has 0 bridgehead atoms. The maximum atomic E-state index is 11.3. The average Bonchev–Trinajstić information content (AvgIpc) is 2.65. The molecule has 0 saturated carbocycles. The fourth-order valence-electron chi connectivity index (χ4n) is 2.89. The Kier molecular flexibility index (Phi) is 35.7. The van der Waals surface area contributed by atoms with E-state index in [1.54, 1.807) is 0 Å². The minimum atomic E-state index is -0.814. The first-order chi connectivity index (χ1) is 12.9. The van der Waals surface area contributed by atoms with Gasteiger partial charge in [-0.3, -0.25) is 10.1 Å². The molecule has 0 aliphatic heterocycles. The number of rotatable bonds is 15. The molecule has 3 N–H and O–H groups in total. The van der Waals surface area contributed by atoms with Gasteiger partial charge in [0.25, 0.3) is 0 Å². The van der Waals surface area contributed by atoms with Gasteiger partial charge < -0.3 is 5.73 Å². The van der Waals surface area contributed by atoms with Crippen LogP contribution in [-0.2, 0) is 4.79 Å². The van der Waals surface area contributed by atoms with Crippen LogP contribution in [0.25, 0.3) is 0 Å². The predicted molar refractivity (Wildman–Crippen MR) is 136 cm³/mol. The molecule has 3 amide bonds. The number of primary amides is 1. The molecule has 0 fully saturated rings. The number of nitrogens with two attached hydrogens (primary N) is 1. The van der Waals surface area contributed by atoms with E-state index in [1.165, 1.54) is 83.5 Å². The Hall–Kier alpha value is 1.42. The van der Waals surface area contributed by atoms with E-state index >= 15 is 0 Å². The Morgan fingerprint density at radius 2 is 0.966 bits per heavy atom. The molecule has 0 aliphatic rings. The van der Waals surface area contributed by atoms with Gasteiger partial charge >= 0.3 is 65.1 Å². The van der Waals surface area contributed by atoms with Crippen LogP contribution in [0.4, 0.5) is 4.79 Å². The quantitative estimate of drug-likeness (QED) is 0.167. The van der Waals surface area contributed by atoms with Crippen molar-refractivity contribution >= 4 is 87.0 Å². The van der Waals surface area contributed by atoms with Gasteiger partial charge in [-0.25, -0.2) is 4.79 Å². The van der Waals surface area contributed by atoms with Gasteiger partial charge in [-0.05, 0) is 12.8 Å². The summed E-state index contributed by atoms with van der Waals surface area (Å²) in [6.45, 7) is 8.30. The van der Waals surface area contributed by atoms with Gasteiger partial charge in [0.1, 0.15) is 4.32 Å². The molecule has 0 aliphatic carbocycles. The number of alkyl halides is 1. The Labute approximate surface area is 233 Å². The SMILES string of the molecule is CCC(Br)(CC)C(=O)NC(N)=O.CCCCCCCCCCCCCCC.[NaH].[NaH]. The average molecular weight is 498 g/mol. The van der Waals surface area contributed by atoms with Crippen molar-refractivity contribution in [1.82, 2.24) is 5.32 Å². The molecular weight excluding hydrogens is 450 g/mol. The molecule has 0 saturated heterocycles. The fraction of sp³-hybridized carbons (Fsp3) is 0.909. The third-order valence-corrected chi connectivity index (χ3v) is 6.45. The van der Waals surface area contributed by atoms with Crippen LogP contribution in [-0.4, -0.2) is 75.4 Å². The predicted octanol–water partition coefficient (Wildman–Crippen LogP) is 5.94. The monoisotopic (exact) mass is 496 g/mol. The number of hydrogen-bond acceptors (Lipinski definition) is 2. The molecule has 4 nitrogen and oxygen atoms in total. The summed E-state index contributed by atoms with van der Waals surface area (Å²) in [5.41, 5.74) is 4.81. The Morgan fingerprint density at radius 3 is 1.17 bits per heavy atom. The zero-order valence-electron chi connectivity index (χ0n) is 18.4. The maximum absolute atomic E-state index is 11.3. The van der Waals surface area contributed by atoms with E-state index < -0.39 is 10.4 Å². The number of unbranched alkanes of at least 4 members (excludes halogenated alkanes) is 12. The summed E-state index contributed by atoms with van der Waals surface area (Å²) in [7, 11) is 0. The fourth-order valence-corrected chi connectivity index (χ4v) is 2.99. The van der Waals surface area contributed by atoms with Crippen molar-refractivity contribution in [3.63, 3.8) is 0 Å². The minimum absolute atomic E-state index is 0. The van der Waals surface area contributed by atoms with Gasteiger partial charge in [-0.2, -0.15) is 0 Å². The molecule has 0 radical (unpaired) electrons. The van der Waals surface area contributed by atoms with Crippen molar-refractivity contribution in [2.45, 2.75) is 128 Å². The number of halogens is 1. The molecule has 0 heterocycles. The van der Waals surface area contributed by atoms with E-state index in [-0.39, 0.29) is 65.0 Å². The number of nitrogens with one attached hydrogen (secondary N) is 1. The molecule has 0 rings (SSSR count). The Balaban J connectivity index is -0.000000206. The topological polar surface area (TPSA) is 72.2 Å². The van der Waals surface area contributed by atoms with E-state index in [0.29, 0.717) is 12.8 Å². The molecular formula is C22H47BrN2Na2O2. The number of imide groups is 1. The van der Waals surface area contributed by atoms with Crippen LogP contribution in [0, 0.1) is 0 Å². The van der Waals surface area contributed by atoms with Crippen molar-refractivity contribution < 1.29 is 9.59 Å². The Bertz CT molecular complexity index is 357. The summed E-state index contributed by atoms with van der Waals surface area (Å²) in [5.74, 6) is -0.375. The number of carbonyl (C=O) groups is 2. The van der Waals surface area contributed by atoms with Gasteiger partial charge in [0.2, 0.25) is 5.91 Å². The van der Waals surface area contributed by atoms with Crippen LogP contribution in [0.5, 0.6) is 0 Å². The van der Waals surface area contributed by atoms with Gasteiger partial charge in [-0.15, -0.1) is 0 Å². The van der Waals surface area contributed by atoms with Gasteiger partial charge in [0.05, 0.1) is 0 Å². The standard InChI is InChI=1S/C15H32.C7H13BrN2O2.2Na.2H/c1-3-5-7-9-11-13-15-14-12-10-8-6-4-2;1-3-7(8,4-2)5(11)10-6(9)12;;;;/h3-15H2,1-2H3;3-4H2,1-2H3,(H3,9,10,11,12);;;;. The van der Waals surface area contributed by atoms with Crippen LogP contribution >= 0.6 is 15.9 Å². The van der Waals surface area contributed by atoms with Gasteiger partial charge in [0.15, 0.2) is 0 Å². The van der Waals surface area contributed by atoms with Crippen molar-refractivity contribution in [2.24, 2.45) is 5.73 Å². The van der Waals surface area contributed by atoms with E-state index in [1.807, 2.05) is 19.2 Å². The zero-order chi connectivity index (χ0) is 21.0. The first kappa shape index (κ1) is 37.7. The molecule has 0 aromatic rings. The van der Waals surface area contributed by atoms with Crippen LogP contribution < -0.4 is 11.1 Å². The van der Waals surface area contributed by atoms with Crippen LogP contribution in [0.2, 0.25) is 0 Å². The van der Waals surface area contributed by atoms with Gasteiger partial charge in [-0.1, -0.05) is 127 Å². The number of carbonyl (C=O) groups excluding carboxylic acids is 2. The number of amides is 3. The van der Waals surface area contributed by atoms with Crippen molar-refractivity contribution in [3.8, 4) is 0 Å². The normalized spacial score (nSPS) is 10.1. The second kappa shape index (κ2) is 27.5. The molecule has 0 unspecified atom stereocenters. The van der Waals surface area contributed by atoms with Gasteiger partial charge in [0, 0.05) is 0 Å². The third-order valence-electron chi connectivity index (χ3n) is 4.97. The molecule has 7 heteroatoms. The third kappa shape index (κ3) is 25.6. The second-order valence-electron chi connectivity index (χ2n) is 7.38. The van der Waals surface area contributed by atoms with Crippen LogP contribution in [0.15, 0.2) is 0 Å². The summed E-state index contributed by atoms with van der Waals surface area (Å²) in [4.78, 5) is 21.6. The first-order valence-corrected chi connectivity index (χ1v) is 12.0.